The second-order valence-corrected chi connectivity index (χ2v) is 5.01. The molecule has 1 fully saturated rings. The molecule has 5 nitrogen and oxygen atoms in total. The summed E-state index contributed by atoms with van der Waals surface area (Å²) >= 11 is 0. The summed E-state index contributed by atoms with van der Waals surface area (Å²) in [7, 11) is 0. The van der Waals surface area contributed by atoms with E-state index < -0.39 is 0 Å². The van der Waals surface area contributed by atoms with Gasteiger partial charge >= 0.3 is 0 Å². The fourth-order valence-electron chi connectivity index (χ4n) is 2.78. The molecule has 0 aliphatic carbocycles. The monoisotopic (exact) mass is 261 g/mol. The minimum atomic E-state index is -0.311. The first kappa shape index (κ1) is 13.5. The predicted octanol–water partition coefficient (Wildman–Crippen LogP) is 0.909. The number of rotatable bonds is 3. The summed E-state index contributed by atoms with van der Waals surface area (Å²) in [6, 6.07) is 3.70. The van der Waals surface area contributed by atoms with Gasteiger partial charge in [0.1, 0.15) is 0 Å². The van der Waals surface area contributed by atoms with Crippen molar-refractivity contribution in [3.8, 4) is 0 Å². The third kappa shape index (κ3) is 3.10. The highest BCUT2D eigenvalue weighted by atomic mass is 16.2. The van der Waals surface area contributed by atoms with Crippen LogP contribution in [0.5, 0.6) is 0 Å². The van der Waals surface area contributed by atoms with Gasteiger partial charge in [0.05, 0.1) is 5.92 Å². The van der Waals surface area contributed by atoms with Gasteiger partial charge < -0.3 is 10.6 Å². The molecule has 102 valence electrons. The van der Waals surface area contributed by atoms with Crippen LogP contribution in [0.3, 0.4) is 0 Å². The van der Waals surface area contributed by atoms with Crippen LogP contribution in [0.4, 0.5) is 0 Å². The third-order valence-electron chi connectivity index (χ3n) is 3.81. The number of nitrogens with zero attached hydrogens (tertiary/aromatic N) is 2. The van der Waals surface area contributed by atoms with Crippen LogP contribution in [0.25, 0.3) is 0 Å². The number of hydrogen-bond donors (Lipinski definition) is 1. The number of primary amides is 1. The highest BCUT2D eigenvalue weighted by Gasteiger charge is 2.31. The lowest BCUT2D eigenvalue weighted by molar-refractivity contribution is -0.130. The highest BCUT2D eigenvalue weighted by molar-refractivity contribution is 5.82. The first-order valence-corrected chi connectivity index (χ1v) is 6.54. The van der Waals surface area contributed by atoms with E-state index in [-0.39, 0.29) is 23.7 Å². The summed E-state index contributed by atoms with van der Waals surface area (Å²) in [4.78, 5) is 28.9. The molecule has 19 heavy (non-hydrogen) atoms. The van der Waals surface area contributed by atoms with Gasteiger partial charge in [-0.15, -0.1) is 0 Å². The Morgan fingerprint density at radius 2 is 2.11 bits per heavy atom. The average Bonchev–Trinajstić information content (AvgIpc) is 2.40. The van der Waals surface area contributed by atoms with E-state index in [1.54, 1.807) is 19.3 Å². The summed E-state index contributed by atoms with van der Waals surface area (Å²) in [6.45, 7) is 2.97. The second kappa shape index (κ2) is 5.82. The van der Waals surface area contributed by atoms with Crippen molar-refractivity contribution < 1.29 is 9.59 Å². The van der Waals surface area contributed by atoms with Gasteiger partial charge in [0.15, 0.2) is 0 Å². The van der Waals surface area contributed by atoms with Crippen LogP contribution in [0.1, 0.15) is 31.2 Å². The van der Waals surface area contributed by atoms with Gasteiger partial charge in [0.2, 0.25) is 11.8 Å². The van der Waals surface area contributed by atoms with E-state index in [1.165, 1.54) is 0 Å². The van der Waals surface area contributed by atoms with E-state index in [0.29, 0.717) is 13.1 Å². The number of nitrogens with two attached hydrogens (primary N) is 1. The Balaban J connectivity index is 2.10. The Labute approximate surface area is 112 Å². The lowest BCUT2D eigenvalue weighted by Gasteiger charge is -2.34. The predicted molar refractivity (Wildman–Crippen MR) is 71.2 cm³/mol. The van der Waals surface area contributed by atoms with Crippen molar-refractivity contribution in [2.45, 2.75) is 25.7 Å². The smallest absolute Gasteiger partial charge is 0.225 e. The number of piperidine rings is 1. The van der Waals surface area contributed by atoms with Gasteiger partial charge in [-0.1, -0.05) is 6.07 Å². The summed E-state index contributed by atoms with van der Waals surface area (Å²) in [5.41, 5.74) is 6.42. The van der Waals surface area contributed by atoms with Crippen molar-refractivity contribution >= 4 is 11.8 Å². The molecule has 1 atom stereocenters. The first-order chi connectivity index (χ1) is 9.09. The number of hydrogen-bond acceptors (Lipinski definition) is 3. The Bertz CT molecular complexity index is 453. The maximum atomic E-state index is 11.7. The van der Waals surface area contributed by atoms with E-state index in [4.69, 9.17) is 5.73 Å². The molecule has 2 N–H and O–H groups in total. The maximum absolute atomic E-state index is 11.7. The quantitative estimate of drug-likeness (QED) is 0.878. The Hall–Kier alpha value is -1.91. The molecular formula is C14H19N3O2. The molecule has 1 unspecified atom stereocenters. The van der Waals surface area contributed by atoms with E-state index in [2.05, 4.69) is 4.98 Å². The minimum Gasteiger partial charge on any atom is -0.369 e. The Morgan fingerprint density at radius 1 is 1.42 bits per heavy atom. The summed E-state index contributed by atoms with van der Waals surface area (Å²) < 4.78 is 0. The average molecular weight is 261 g/mol. The van der Waals surface area contributed by atoms with Crippen LogP contribution >= 0.6 is 0 Å². The summed E-state index contributed by atoms with van der Waals surface area (Å²) in [5.74, 6) is -0.329. The molecule has 0 bridgehead atoms. The Morgan fingerprint density at radius 3 is 2.58 bits per heavy atom. The summed E-state index contributed by atoms with van der Waals surface area (Å²) in [6.07, 6.45) is 5.00. The molecule has 1 aromatic heterocycles. The lowest BCUT2D eigenvalue weighted by Crippen LogP contribution is -2.40. The van der Waals surface area contributed by atoms with Crippen LogP contribution in [-0.4, -0.2) is 34.8 Å². The molecular weight excluding hydrogens is 242 g/mol. The molecule has 0 saturated carbocycles. The zero-order chi connectivity index (χ0) is 13.8. The molecule has 0 spiro atoms. The van der Waals surface area contributed by atoms with Crippen molar-refractivity contribution in [2.75, 3.05) is 13.1 Å². The largest absolute Gasteiger partial charge is 0.369 e. The zero-order valence-electron chi connectivity index (χ0n) is 11.1. The topological polar surface area (TPSA) is 76.3 Å². The van der Waals surface area contributed by atoms with E-state index >= 15 is 0 Å². The maximum Gasteiger partial charge on any atom is 0.225 e. The number of carbonyl (C=O) groups is 2. The van der Waals surface area contributed by atoms with Crippen LogP contribution in [0.15, 0.2) is 24.5 Å². The minimum absolute atomic E-state index is 0.0930. The van der Waals surface area contributed by atoms with Crippen molar-refractivity contribution in [1.29, 1.82) is 0 Å². The zero-order valence-corrected chi connectivity index (χ0v) is 11.1. The van der Waals surface area contributed by atoms with Gasteiger partial charge in [-0.2, -0.15) is 0 Å². The lowest BCUT2D eigenvalue weighted by atomic mass is 9.80. The molecule has 1 saturated heterocycles. The van der Waals surface area contributed by atoms with Crippen LogP contribution < -0.4 is 5.73 Å². The molecule has 5 heteroatoms. The third-order valence-corrected chi connectivity index (χ3v) is 3.81. The molecule has 1 aromatic rings. The van der Waals surface area contributed by atoms with Crippen LogP contribution in [0, 0.1) is 5.92 Å². The van der Waals surface area contributed by atoms with Crippen molar-refractivity contribution in [2.24, 2.45) is 11.7 Å². The number of carbonyl (C=O) groups excluding carboxylic acids is 2. The molecule has 2 amide bonds. The highest BCUT2D eigenvalue weighted by Crippen LogP contribution is 2.32. The normalized spacial score (nSPS) is 18.1. The fourth-order valence-corrected chi connectivity index (χ4v) is 2.78. The van der Waals surface area contributed by atoms with E-state index in [9.17, 15) is 9.59 Å². The molecule has 2 rings (SSSR count). The molecule has 1 aliphatic heterocycles. The van der Waals surface area contributed by atoms with E-state index in [1.807, 2.05) is 17.0 Å². The van der Waals surface area contributed by atoms with Gasteiger partial charge in [-0.3, -0.25) is 14.6 Å². The summed E-state index contributed by atoms with van der Waals surface area (Å²) in [5, 5.41) is 0. The molecule has 2 heterocycles. The number of amides is 2. The van der Waals surface area contributed by atoms with Gasteiger partial charge in [0, 0.05) is 32.4 Å². The van der Waals surface area contributed by atoms with Crippen LogP contribution in [-0.2, 0) is 9.59 Å². The molecule has 1 aliphatic rings. The van der Waals surface area contributed by atoms with Crippen molar-refractivity contribution in [3.05, 3.63) is 30.1 Å². The van der Waals surface area contributed by atoms with Crippen LogP contribution in [0.2, 0.25) is 0 Å². The number of aromatic nitrogens is 1. The standard InChI is InChI=1S/C14H19N3O2/c1-10(18)17-7-4-11(5-8-17)13(14(15)19)12-3-2-6-16-9-12/h2-3,6,9,11,13H,4-5,7-8H2,1H3,(H2,15,19). The van der Waals surface area contributed by atoms with E-state index in [0.717, 1.165) is 18.4 Å². The SMILES string of the molecule is CC(=O)N1CCC(C(C(N)=O)c2cccnc2)CC1. The second-order valence-electron chi connectivity index (χ2n) is 5.01. The van der Waals surface area contributed by atoms with Gasteiger partial charge in [-0.25, -0.2) is 0 Å². The number of likely N-dealkylation sites (tertiary alicyclic amines) is 1. The first-order valence-electron chi connectivity index (χ1n) is 6.54. The van der Waals surface area contributed by atoms with Crippen molar-refractivity contribution in [1.82, 2.24) is 9.88 Å². The number of pyridine rings is 1. The van der Waals surface area contributed by atoms with Crippen molar-refractivity contribution in [3.63, 3.8) is 0 Å². The molecule has 0 radical (unpaired) electrons. The fraction of sp³-hybridized carbons (Fsp3) is 0.500. The molecule has 0 aromatic carbocycles. The van der Waals surface area contributed by atoms with Gasteiger partial charge in [0.25, 0.3) is 0 Å². The van der Waals surface area contributed by atoms with Gasteiger partial charge in [-0.05, 0) is 30.4 Å². The Kier molecular flexibility index (Phi) is 4.14.